The van der Waals surface area contributed by atoms with Gasteiger partial charge in [-0.2, -0.15) is 0 Å². The number of carbonyl (C=O) groups is 3. The van der Waals surface area contributed by atoms with Crippen molar-refractivity contribution < 1.29 is 19.1 Å². The number of nitrogens with zero attached hydrogens (tertiary/aromatic N) is 3. The molecule has 1 heterocycles. The van der Waals surface area contributed by atoms with Crippen molar-refractivity contribution in [2.75, 3.05) is 46.6 Å². The van der Waals surface area contributed by atoms with E-state index in [-0.39, 0.29) is 18.2 Å². The van der Waals surface area contributed by atoms with Gasteiger partial charge in [-0.1, -0.05) is 6.92 Å². The average molecular weight is 445 g/mol. The van der Waals surface area contributed by atoms with Gasteiger partial charge in [0.15, 0.2) is 5.37 Å². The zero-order valence-electron chi connectivity index (χ0n) is 19.5. The van der Waals surface area contributed by atoms with Gasteiger partial charge in [0, 0.05) is 46.3 Å². The number of primary amides is 1. The lowest BCUT2D eigenvalue weighted by molar-refractivity contribution is -0.145. The molecular formula is C21H40N4O4S. The second-order valence-electron chi connectivity index (χ2n) is 8.56. The van der Waals surface area contributed by atoms with Crippen LogP contribution in [0, 0.1) is 0 Å². The second-order valence-corrected chi connectivity index (χ2v) is 9.75. The van der Waals surface area contributed by atoms with Crippen molar-refractivity contribution in [1.82, 2.24) is 14.7 Å². The molecule has 2 N–H and O–H groups in total. The SMILES string of the molecule is CCCC(=O)N(C)[C@H](SCCN1CCCC1)C(=O)N(C)[C@@H](CC(C)(C)OC)C(N)=O. The Morgan fingerprint density at radius 3 is 2.27 bits per heavy atom. The minimum Gasteiger partial charge on any atom is -0.379 e. The Hall–Kier alpha value is -1.32. The van der Waals surface area contributed by atoms with Crippen LogP contribution in [0.1, 0.15) is 52.9 Å². The Labute approximate surface area is 185 Å². The van der Waals surface area contributed by atoms with Crippen molar-refractivity contribution in [2.45, 2.75) is 69.9 Å². The first-order chi connectivity index (χ1) is 14.0. The van der Waals surface area contributed by atoms with Crippen LogP contribution in [0.15, 0.2) is 0 Å². The third-order valence-corrected chi connectivity index (χ3v) is 6.94. The molecule has 8 nitrogen and oxygen atoms in total. The second kappa shape index (κ2) is 12.5. The number of ether oxygens (including phenoxy) is 1. The largest absolute Gasteiger partial charge is 0.379 e. The fourth-order valence-corrected chi connectivity index (χ4v) is 4.71. The third-order valence-electron chi connectivity index (χ3n) is 5.68. The molecule has 0 aromatic rings. The molecule has 1 saturated heterocycles. The van der Waals surface area contributed by atoms with Crippen molar-refractivity contribution in [1.29, 1.82) is 0 Å². The summed E-state index contributed by atoms with van der Waals surface area (Å²) in [6, 6.07) is -0.816. The predicted octanol–water partition coefficient (Wildman–Crippen LogP) is 1.53. The first-order valence-electron chi connectivity index (χ1n) is 10.7. The molecule has 0 unspecified atom stereocenters. The van der Waals surface area contributed by atoms with Gasteiger partial charge in [0.05, 0.1) is 5.60 Å². The zero-order valence-corrected chi connectivity index (χ0v) is 20.3. The van der Waals surface area contributed by atoms with Crippen molar-refractivity contribution >= 4 is 29.5 Å². The molecule has 174 valence electrons. The summed E-state index contributed by atoms with van der Waals surface area (Å²) in [7, 11) is 4.80. The molecule has 2 atom stereocenters. The molecule has 1 aliphatic rings. The summed E-state index contributed by atoms with van der Waals surface area (Å²) in [5.41, 5.74) is 5.01. The van der Waals surface area contributed by atoms with Gasteiger partial charge in [0.1, 0.15) is 6.04 Å². The minimum atomic E-state index is -0.816. The number of nitrogens with two attached hydrogens (primary N) is 1. The summed E-state index contributed by atoms with van der Waals surface area (Å²) >= 11 is 1.45. The number of methoxy groups -OCH3 is 1. The van der Waals surface area contributed by atoms with Gasteiger partial charge in [0.25, 0.3) is 5.91 Å². The molecule has 0 bridgehead atoms. The summed E-state index contributed by atoms with van der Waals surface area (Å²) in [5.74, 6) is -0.215. The van der Waals surface area contributed by atoms with Crippen LogP contribution in [-0.4, -0.2) is 96.0 Å². The van der Waals surface area contributed by atoms with Crippen molar-refractivity contribution in [3.8, 4) is 0 Å². The maximum Gasteiger partial charge on any atom is 0.256 e. The predicted molar refractivity (Wildman–Crippen MR) is 121 cm³/mol. The highest BCUT2D eigenvalue weighted by Crippen LogP contribution is 2.24. The topological polar surface area (TPSA) is 96.2 Å². The van der Waals surface area contributed by atoms with Crippen molar-refractivity contribution in [3.05, 3.63) is 0 Å². The lowest BCUT2D eigenvalue weighted by atomic mass is 9.97. The van der Waals surface area contributed by atoms with Gasteiger partial charge < -0.3 is 25.2 Å². The average Bonchev–Trinajstić information content (AvgIpc) is 3.21. The Morgan fingerprint density at radius 1 is 1.17 bits per heavy atom. The first kappa shape index (κ1) is 26.7. The van der Waals surface area contributed by atoms with Gasteiger partial charge in [-0.15, -0.1) is 11.8 Å². The molecule has 0 aliphatic carbocycles. The van der Waals surface area contributed by atoms with Crippen LogP contribution in [0.25, 0.3) is 0 Å². The van der Waals surface area contributed by atoms with E-state index in [0.717, 1.165) is 25.4 Å². The molecule has 0 aromatic carbocycles. The third kappa shape index (κ3) is 8.07. The van der Waals surface area contributed by atoms with E-state index >= 15 is 0 Å². The molecule has 0 spiro atoms. The molecular weight excluding hydrogens is 404 g/mol. The summed E-state index contributed by atoms with van der Waals surface area (Å²) < 4.78 is 5.43. The van der Waals surface area contributed by atoms with Gasteiger partial charge in [-0.25, -0.2) is 0 Å². The normalized spacial score (nSPS) is 16.9. The number of hydrogen-bond acceptors (Lipinski definition) is 6. The van der Waals surface area contributed by atoms with Crippen molar-refractivity contribution in [3.63, 3.8) is 0 Å². The van der Waals surface area contributed by atoms with E-state index in [1.165, 1.54) is 34.4 Å². The smallest absolute Gasteiger partial charge is 0.256 e. The molecule has 30 heavy (non-hydrogen) atoms. The quantitative estimate of drug-likeness (QED) is 0.433. The van der Waals surface area contributed by atoms with Gasteiger partial charge in [-0.3, -0.25) is 14.4 Å². The van der Waals surface area contributed by atoms with E-state index in [4.69, 9.17) is 10.5 Å². The van der Waals surface area contributed by atoms with E-state index in [2.05, 4.69) is 4.90 Å². The van der Waals surface area contributed by atoms with E-state index in [1.54, 1.807) is 21.2 Å². The molecule has 1 rings (SSSR count). The van der Waals surface area contributed by atoms with E-state index in [1.807, 2.05) is 20.8 Å². The fraction of sp³-hybridized carbons (Fsp3) is 0.857. The molecule has 1 aliphatic heterocycles. The number of hydrogen-bond donors (Lipinski definition) is 1. The monoisotopic (exact) mass is 444 g/mol. The summed E-state index contributed by atoms with van der Waals surface area (Å²) in [6.45, 7) is 8.68. The highest BCUT2D eigenvalue weighted by atomic mass is 32.2. The van der Waals surface area contributed by atoms with E-state index in [0.29, 0.717) is 12.8 Å². The van der Waals surface area contributed by atoms with Crippen LogP contribution in [-0.2, 0) is 19.1 Å². The van der Waals surface area contributed by atoms with Crippen LogP contribution < -0.4 is 5.73 Å². The van der Waals surface area contributed by atoms with Gasteiger partial charge in [0.2, 0.25) is 11.8 Å². The van der Waals surface area contributed by atoms with Crippen LogP contribution in [0.2, 0.25) is 0 Å². The highest BCUT2D eigenvalue weighted by Gasteiger charge is 2.37. The summed E-state index contributed by atoms with van der Waals surface area (Å²) in [5, 5.41) is -0.691. The number of likely N-dealkylation sites (N-methyl/N-ethyl adjacent to an activating group) is 2. The standard InChI is InChI=1S/C21H40N4O4S/c1-7-10-17(26)24(5)20(30-14-13-25-11-8-9-12-25)19(28)23(4)16(18(22)27)15-21(2,3)29-6/h16,20H,7-15H2,1-6H3,(H2,22,27)/t16-,20+/m0/s1. The number of amides is 3. The molecule has 0 saturated carbocycles. The van der Waals surface area contributed by atoms with Crippen LogP contribution in [0.4, 0.5) is 0 Å². The van der Waals surface area contributed by atoms with Crippen LogP contribution >= 0.6 is 11.8 Å². The minimum absolute atomic E-state index is 0.0780. The Morgan fingerprint density at radius 2 is 1.77 bits per heavy atom. The van der Waals surface area contributed by atoms with Crippen LogP contribution in [0.3, 0.4) is 0 Å². The Bertz CT molecular complexity index is 581. The molecule has 3 amide bonds. The molecule has 9 heteroatoms. The van der Waals surface area contributed by atoms with E-state index < -0.39 is 22.9 Å². The number of rotatable bonds is 13. The number of thioether (sulfide) groups is 1. The fourth-order valence-electron chi connectivity index (χ4n) is 3.47. The Balaban J connectivity index is 2.95. The number of likely N-dealkylation sites (tertiary alicyclic amines) is 1. The molecule has 1 fully saturated rings. The summed E-state index contributed by atoms with van der Waals surface area (Å²) in [4.78, 5) is 43.3. The van der Waals surface area contributed by atoms with Crippen molar-refractivity contribution in [2.24, 2.45) is 5.73 Å². The summed E-state index contributed by atoms with van der Waals surface area (Å²) in [6.07, 6.45) is 3.79. The molecule has 0 aromatic heterocycles. The lowest BCUT2D eigenvalue weighted by Gasteiger charge is -2.36. The first-order valence-corrected chi connectivity index (χ1v) is 11.8. The number of carbonyl (C=O) groups excluding carboxylic acids is 3. The lowest BCUT2D eigenvalue weighted by Crippen LogP contribution is -2.54. The maximum atomic E-state index is 13.4. The molecule has 0 radical (unpaired) electrons. The van der Waals surface area contributed by atoms with Gasteiger partial charge in [-0.05, 0) is 46.2 Å². The maximum absolute atomic E-state index is 13.4. The zero-order chi connectivity index (χ0) is 22.9. The highest BCUT2D eigenvalue weighted by molar-refractivity contribution is 8.00. The van der Waals surface area contributed by atoms with E-state index in [9.17, 15) is 14.4 Å². The Kier molecular flexibility index (Phi) is 11.1. The van der Waals surface area contributed by atoms with Gasteiger partial charge >= 0.3 is 0 Å². The van der Waals surface area contributed by atoms with Crippen LogP contribution in [0.5, 0.6) is 0 Å².